The van der Waals surface area contributed by atoms with Gasteiger partial charge in [0.2, 0.25) is 5.88 Å². The van der Waals surface area contributed by atoms with Crippen molar-refractivity contribution in [3.05, 3.63) is 53.7 Å². The summed E-state index contributed by atoms with van der Waals surface area (Å²) in [7, 11) is 0. The van der Waals surface area contributed by atoms with Crippen LogP contribution in [0, 0.1) is 0 Å². The number of aliphatic hydroxyl groups excluding tert-OH is 1. The second kappa shape index (κ2) is 7.62. The lowest BCUT2D eigenvalue weighted by Gasteiger charge is -2.11. The predicted molar refractivity (Wildman–Crippen MR) is 78.7 cm³/mol. The molecule has 0 radical (unpaired) electrons. The van der Waals surface area contributed by atoms with Gasteiger partial charge in [-0.25, -0.2) is 4.98 Å². The first-order valence-corrected chi connectivity index (χ1v) is 6.85. The minimum absolute atomic E-state index is 0.00430. The molecule has 4 heteroatoms. The van der Waals surface area contributed by atoms with E-state index in [4.69, 9.17) is 9.84 Å². The van der Waals surface area contributed by atoms with Gasteiger partial charge in [-0.1, -0.05) is 25.1 Å². The van der Waals surface area contributed by atoms with Gasteiger partial charge in [0.1, 0.15) is 5.75 Å². The quantitative estimate of drug-likeness (QED) is 0.761. The fourth-order valence-corrected chi connectivity index (χ4v) is 1.87. The highest BCUT2D eigenvalue weighted by molar-refractivity contribution is 5.34. The number of pyridine rings is 1. The van der Waals surface area contributed by atoms with Gasteiger partial charge in [-0.15, -0.1) is 0 Å². The Bertz CT molecular complexity index is 544. The van der Waals surface area contributed by atoms with E-state index in [2.05, 4.69) is 17.2 Å². The summed E-state index contributed by atoms with van der Waals surface area (Å²) in [6, 6.07) is 11.3. The molecule has 106 valence electrons. The topological polar surface area (TPSA) is 54.4 Å². The molecule has 0 fully saturated rings. The number of nitrogens with zero attached hydrogens (tertiary/aromatic N) is 1. The molecule has 0 atom stereocenters. The van der Waals surface area contributed by atoms with Crippen LogP contribution >= 0.6 is 0 Å². The third-order valence-electron chi connectivity index (χ3n) is 2.89. The van der Waals surface area contributed by atoms with Gasteiger partial charge in [-0.2, -0.15) is 0 Å². The van der Waals surface area contributed by atoms with Crippen LogP contribution in [0.1, 0.15) is 24.5 Å². The van der Waals surface area contributed by atoms with Crippen LogP contribution < -0.4 is 10.1 Å². The van der Waals surface area contributed by atoms with Crippen molar-refractivity contribution in [2.45, 2.75) is 26.5 Å². The molecule has 0 saturated carbocycles. The van der Waals surface area contributed by atoms with Crippen LogP contribution in [0.5, 0.6) is 11.6 Å². The maximum atomic E-state index is 9.14. The predicted octanol–water partition coefficient (Wildman–Crippen LogP) is 2.87. The molecule has 20 heavy (non-hydrogen) atoms. The molecule has 2 aromatic rings. The molecule has 0 bridgehead atoms. The zero-order valence-corrected chi connectivity index (χ0v) is 11.7. The Balaban J connectivity index is 2.11. The Labute approximate surface area is 119 Å². The Hall–Kier alpha value is -1.91. The van der Waals surface area contributed by atoms with Crippen LogP contribution in [0.25, 0.3) is 0 Å². The summed E-state index contributed by atoms with van der Waals surface area (Å²) in [6.45, 7) is 3.84. The zero-order valence-electron chi connectivity index (χ0n) is 11.7. The van der Waals surface area contributed by atoms with E-state index in [1.165, 1.54) is 0 Å². The first-order chi connectivity index (χ1) is 9.83. The summed E-state index contributed by atoms with van der Waals surface area (Å²) >= 11 is 0. The van der Waals surface area contributed by atoms with Crippen LogP contribution in [-0.4, -0.2) is 16.6 Å². The number of rotatable bonds is 7. The van der Waals surface area contributed by atoms with Gasteiger partial charge in [-0.05, 0) is 36.7 Å². The lowest BCUT2D eigenvalue weighted by Crippen LogP contribution is -2.14. The third kappa shape index (κ3) is 4.05. The van der Waals surface area contributed by atoms with Gasteiger partial charge < -0.3 is 15.2 Å². The average Bonchev–Trinajstić information content (AvgIpc) is 2.49. The lowest BCUT2D eigenvalue weighted by molar-refractivity contribution is 0.281. The van der Waals surface area contributed by atoms with Gasteiger partial charge >= 0.3 is 0 Å². The lowest BCUT2D eigenvalue weighted by atomic mass is 10.2. The molecule has 0 unspecified atom stereocenters. The van der Waals surface area contributed by atoms with E-state index in [1.54, 1.807) is 6.20 Å². The average molecular weight is 272 g/mol. The monoisotopic (exact) mass is 272 g/mol. The Kier molecular flexibility index (Phi) is 5.53. The molecular weight excluding hydrogens is 252 g/mol. The summed E-state index contributed by atoms with van der Waals surface area (Å²) in [4.78, 5) is 4.28. The number of hydrogen-bond donors (Lipinski definition) is 2. The van der Waals surface area contributed by atoms with Crippen LogP contribution in [0.2, 0.25) is 0 Å². The SMILES string of the molecule is CCCNCc1cccnc1Oc1cccc(CO)c1. The fourth-order valence-electron chi connectivity index (χ4n) is 1.87. The van der Waals surface area contributed by atoms with Gasteiger partial charge in [0.05, 0.1) is 6.61 Å². The molecule has 1 aromatic heterocycles. The summed E-state index contributed by atoms with van der Waals surface area (Å²) in [5, 5.41) is 12.5. The van der Waals surface area contributed by atoms with Crippen molar-refractivity contribution in [3.8, 4) is 11.6 Å². The molecule has 1 aromatic carbocycles. The second-order valence-corrected chi connectivity index (χ2v) is 4.55. The summed E-state index contributed by atoms with van der Waals surface area (Å²) in [5.74, 6) is 1.29. The molecule has 0 aliphatic carbocycles. The van der Waals surface area contributed by atoms with Crippen molar-refractivity contribution in [1.29, 1.82) is 0 Å². The van der Waals surface area contributed by atoms with E-state index < -0.39 is 0 Å². The minimum Gasteiger partial charge on any atom is -0.439 e. The molecular formula is C16H20N2O2. The number of hydrogen-bond acceptors (Lipinski definition) is 4. The smallest absolute Gasteiger partial charge is 0.223 e. The first-order valence-electron chi connectivity index (χ1n) is 6.85. The van der Waals surface area contributed by atoms with Crippen LogP contribution in [-0.2, 0) is 13.2 Å². The van der Waals surface area contributed by atoms with Crippen molar-refractivity contribution in [3.63, 3.8) is 0 Å². The third-order valence-corrected chi connectivity index (χ3v) is 2.89. The van der Waals surface area contributed by atoms with Gasteiger partial charge in [0.15, 0.2) is 0 Å². The van der Waals surface area contributed by atoms with E-state index >= 15 is 0 Å². The molecule has 1 heterocycles. The van der Waals surface area contributed by atoms with E-state index in [9.17, 15) is 0 Å². The van der Waals surface area contributed by atoms with Gasteiger partial charge in [0, 0.05) is 18.3 Å². The van der Waals surface area contributed by atoms with Crippen LogP contribution in [0.4, 0.5) is 0 Å². The maximum absolute atomic E-state index is 9.14. The molecule has 0 amide bonds. The highest BCUT2D eigenvalue weighted by Gasteiger charge is 2.06. The Morgan fingerprint density at radius 1 is 1.25 bits per heavy atom. The van der Waals surface area contributed by atoms with Crippen LogP contribution in [0.15, 0.2) is 42.6 Å². The largest absolute Gasteiger partial charge is 0.439 e. The number of benzene rings is 1. The molecule has 4 nitrogen and oxygen atoms in total. The Morgan fingerprint density at radius 2 is 2.15 bits per heavy atom. The molecule has 0 saturated heterocycles. The van der Waals surface area contributed by atoms with E-state index in [-0.39, 0.29) is 6.61 Å². The normalized spacial score (nSPS) is 10.5. The molecule has 2 rings (SSSR count). The molecule has 0 spiro atoms. The van der Waals surface area contributed by atoms with Gasteiger partial charge in [-0.3, -0.25) is 0 Å². The van der Waals surface area contributed by atoms with Crippen molar-refractivity contribution in [2.24, 2.45) is 0 Å². The first kappa shape index (κ1) is 14.5. The van der Waals surface area contributed by atoms with Gasteiger partial charge in [0.25, 0.3) is 0 Å². The standard InChI is InChI=1S/C16H20N2O2/c1-2-8-17-11-14-6-4-9-18-16(14)20-15-7-3-5-13(10-15)12-19/h3-7,9-10,17,19H,2,8,11-12H2,1H3. The summed E-state index contributed by atoms with van der Waals surface area (Å²) < 4.78 is 5.82. The van der Waals surface area contributed by atoms with Crippen molar-refractivity contribution in [1.82, 2.24) is 10.3 Å². The Morgan fingerprint density at radius 3 is 2.95 bits per heavy atom. The molecule has 0 aliphatic rings. The number of ether oxygens (including phenoxy) is 1. The maximum Gasteiger partial charge on any atom is 0.223 e. The van der Waals surface area contributed by atoms with E-state index in [0.717, 1.165) is 30.6 Å². The number of aromatic nitrogens is 1. The molecule has 2 N–H and O–H groups in total. The summed E-state index contributed by atoms with van der Waals surface area (Å²) in [5.41, 5.74) is 1.85. The number of nitrogens with one attached hydrogen (secondary N) is 1. The van der Waals surface area contributed by atoms with Crippen molar-refractivity contribution >= 4 is 0 Å². The van der Waals surface area contributed by atoms with Crippen molar-refractivity contribution < 1.29 is 9.84 Å². The van der Waals surface area contributed by atoms with E-state index in [0.29, 0.717) is 11.6 Å². The zero-order chi connectivity index (χ0) is 14.2. The highest BCUT2D eigenvalue weighted by Crippen LogP contribution is 2.23. The number of aliphatic hydroxyl groups is 1. The minimum atomic E-state index is 0.00430. The van der Waals surface area contributed by atoms with Crippen LogP contribution in [0.3, 0.4) is 0 Å². The van der Waals surface area contributed by atoms with Crippen molar-refractivity contribution in [2.75, 3.05) is 6.54 Å². The summed E-state index contributed by atoms with van der Waals surface area (Å²) in [6.07, 6.45) is 2.81. The van der Waals surface area contributed by atoms with E-state index in [1.807, 2.05) is 36.4 Å². The molecule has 0 aliphatic heterocycles. The second-order valence-electron chi connectivity index (χ2n) is 4.55. The fraction of sp³-hybridized carbons (Fsp3) is 0.312. The highest BCUT2D eigenvalue weighted by atomic mass is 16.5.